The highest BCUT2D eigenvalue weighted by Gasteiger charge is 2.29. The summed E-state index contributed by atoms with van der Waals surface area (Å²) in [7, 11) is -3.73. The number of rotatable bonds is 5. The summed E-state index contributed by atoms with van der Waals surface area (Å²) >= 11 is 0. The van der Waals surface area contributed by atoms with E-state index in [0.29, 0.717) is 31.5 Å². The molecule has 1 aliphatic heterocycles. The molecule has 1 aliphatic rings. The number of hydrogen-bond donors (Lipinski definition) is 1. The highest BCUT2D eigenvalue weighted by atomic mass is 32.2. The van der Waals surface area contributed by atoms with Gasteiger partial charge >= 0.3 is 5.69 Å². The van der Waals surface area contributed by atoms with E-state index in [1.54, 1.807) is 11.0 Å². The number of carbonyl (C=O) groups excluding carboxylic acids is 1. The van der Waals surface area contributed by atoms with Crippen LogP contribution < -0.4 is 5.32 Å². The van der Waals surface area contributed by atoms with Crippen LogP contribution in [0.4, 0.5) is 11.4 Å². The zero-order valence-electron chi connectivity index (χ0n) is 14.6. The van der Waals surface area contributed by atoms with Crippen LogP contribution >= 0.6 is 0 Å². The molecule has 10 heteroatoms. The number of nitrogens with one attached hydrogen (secondary N) is 1. The third-order valence-corrected chi connectivity index (χ3v) is 5.62. The third-order valence-electron chi connectivity index (χ3n) is 4.49. The lowest BCUT2D eigenvalue weighted by atomic mass is 10.0. The molecule has 0 spiro atoms. The summed E-state index contributed by atoms with van der Waals surface area (Å²) in [6, 6.07) is 5.70. The maximum Gasteiger partial charge on any atom is 0.310 e. The summed E-state index contributed by atoms with van der Waals surface area (Å²) in [6.07, 6.45) is 4.95. The zero-order valence-corrected chi connectivity index (χ0v) is 15.4. The second-order valence-corrected chi connectivity index (χ2v) is 8.39. The van der Waals surface area contributed by atoms with Crippen LogP contribution in [0.25, 0.3) is 0 Å². The third kappa shape index (κ3) is 4.11. The second-order valence-electron chi connectivity index (χ2n) is 6.40. The molecule has 2 aromatic rings. The quantitative estimate of drug-likeness (QED) is 0.611. The van der Waals surface area contributed by atoms with Crippen LogP contribution in [0.15, 0.2) is 46.1 Å². The molecule has 1 fully saturated rings. The molecule has 1 amide bonds. The molecular formula is C17H19N3O6S. The summed E-state index contributed by atoms with van der Waals surface area (Å²) in [5.41, 5.74) is 0.206. The van der Waals surface area contributed by atoms with Crippen molar-refractivity contribution in [1.29, 1.82) is 0 Å². The molecule has 1 N–H and O–H groups in total. The number of anilines is 1. The van der Waals surface area contributed by atoms with Gasteiger partial charge in [0.1, 0.15) is 16.8 Å². The fourth-order valence-electron chi connectivity index (χ4n) is 3.14. The number of nitrogens with zero attached hydrogens (tertiary/aromatic N) is 2. The van der Waals surface area contributed by atoms with Crippen molar-refractivity contribution in [2.75, 3.05) is 24.7 Å². The van der Waals surface area contributed by atoms with E-state index in [-0.39, 0.29) is 22.5 Å². The minimum Gasteiger partial charge on any atom is -0.472 e. The molecule has 0 atom stereocenters. The molecule has 3 rings (SSSR count). The molecule has 27 heavy (non-hydrogen) atoms. The lowest BCUT2D eigenvalue weighted by Crippen LogP contribution is -2.42. The lowest BCUT2D eigenvalue weighted by molar-refractivity contribution is -0.386. The minimum atomic E-state index is -3.73. The summed E-state index contributed by atoms with van der Waals surface area (Å²) in [5, 5.41) is 14.5. The average Bonchev–Trinajstić information content (AvgIpc) is 3.15. The van der Waals surface area contributed by atoms with Crippen molar-refractivity contribution in [2.24, 2.45) is 0 Å². The summed E-state index contributed by atoms with van der Waals surface area (Å²) < 4.78 is 28.6. The van der Waals surface area contributed by atoms with Crippen LogP contribution in [0.5, 0.6) is 0 Å². The van der Waals surface area contributed by atoms with Gasteiger partial charge in [-0.3, -0.25) is 14.9 Å². The standard InChI is InChI=1S/C17H19N3O6S/c1-27(24,25)15-4-2-3-14(16(15)20(22)23)18-13-5-8-19(9-6-13)17(21)12-7-10-26-11-12/h2-4,7,10-11,13,18H,5-6,8-9H2,1H3. The van der Waals surface area contributed by atoms with E-state index in [1.165, 1.54) is 30.7 Å². The normalized spacial score (nSPS) is 15.5. The van der Waals surface area contributed by atoms with E-state index >= 15 is 0 Å². The van der Waals surface area contributed by atoms with Crippen LogP contribution in [0.1, 0.15) is 23.2 Å². The first-order valence-corrected chi connectivity index (χ1v) is 10.2. The van der Waals surface area contributed by atoms with Gasteiger partial charge in [0.25, 0.3) is 5.91 Å². The lowest BCUT2D eigenvalue weighted by Gasteiger charge is -2.32. The van der Waals surface area contributed by atoms with Crippen LogP contribution in [0.2, 0.25) is 0 Å². The Morgan fingerprint density at radius 2 is 2.00 bits per heavy atom. The Balaban J connectivity index is 1.72. The maximum absolute atomic E-state index is 12.3. The number of nitro benzene ring substituents is 1. The van der Waals surface area contributed by atoms with Crippen molar-refractivity contribution in [3.8, 4) is 0 Å². The topological polar surface area (TPSA) is 123 Å². The Hall–Kier alpha value is -2.88. The number of sulfone groups is 1. The number of benzene rings is 1. The second kappa shape index (κ2) is 7.39. The summed E-state index contributed by atoms with van der Waals surface area (Å²) in [4.78, 5) is 24.5. The smallest absolute Gasteiger partial charge is 0.310 e. The molecule has 2 heterocycles. The number of nitro groups is 1. The molecular weight excluding hydrogens is 374 g/mol. The van der Waals surface area contributed by atoms with Crippen LogP contribution in [-0.2, 0) is 9.84 Å². The minimum absolute atomic E-state index is 0.105. The first kappa shape index (κ1) is 18.9. The van der Waals surface area contributed by atoms with Crippen molar-refractivity contribution in [1.82, 2.24) is 4.90 Å². The Morgan fingerprint density at radius 1 is 1.30 bits per heavy atom. The Labute approximate surface area is 156 Å². The van der Waals surface area contributed by atoms with Crippen LogP contribution in [0, 0.1) is 10.1 Å². The predicted molar refractivity (Wildman–Crippen MR) is 97.5 cm³/mol. The summed E-state index contributed by atoms with van der Waals surface area (Å²) in [5.74, 6) is -0.118. The van der Waals surface area contributed by atoms with Gasteiger partial charge in [-0.05, 0) is 31.0 Å². The Bertz CT molecular complexity index is 947. The maximum atomic E-state index is 12.3. The predicted octanol–water partition coefficient (Wildman–Crippen LogP) is 2.31. The van der Waals surface area contributed by atoms with Gasteiger partial charge in [-0.1, -0.05) is 6.07 Å². The number of likely N-dealkylation sites (tertiary alicyclic amines) is 1. The number of hydrogen-bond acceptors (Lipinski definition) is 7. The van der Waals surface area contributed by atoms with Crippen LogP contribution in [0.3, 0.4) is 0 Å². The number of amides is 1. The van der Waals surface area contributed by atoms with E-state index in [4.69, 9.17) is 4.42 Å². The van der Waals surface area contributed by atoms with Gasteiger partial charge in [0, 0.05) is 25.4 Å². The van der Waals surface area contributed by atoms with Gasteiger partial charge in [0.05, 0.1) is 16.7 Å². The Kier molecular flexibility index (Phi) is 5.17. The molecule has 1 aromatic carbocycles. The van der Waals surface area contributed by atoms with Crippen molar-refractivity contribution in [3.63, 3.8) is 0 Å². The molecule has 0 aliphatic carbocycles. The van der Waals surface area contributed by atoms with Crippen molar-refractivity contribution < 1.29 is 22.6 Å². The van der Waals surface area contributed by atoms with Gasteiger partial charge in [0.2, 0.25) is 0 Å². The molecule has 1 aromatic heterocycles. The largest absolute Gasteiger partial charge is 0.472 e. The number of carbonyl (C=O) groups is 1. The van der Waals surface area contributed by atoms with Gasteiger partial charge in [-0.2, -0.15) is 0 Å². The van der Waals surface area contributed by atoms with Crippen molar-refractivity contribution >= 4 is 27.1 Å². The molecule has 144 valence electrons. The average molecular weight is 393 g/mol. The Morgan fingerprint density at radius 3 is 2.56 bits per heavy atom. The fraction of sp³-hybridized carbons (Fsp3) is 0.353. The monoisotopic (exact) mass is 393 g/mol. The number of para-hydroxylation sites is 1. The molecule has 0 bridgehead atoms. The highest BCUT2D eigenvalue weighted by Crippen LogP contribution is 2.33. The van der Waals surface area contributed by atoms with E-state index in [1.807, 2.05) is 0 Å². The molecule has 0 unspecified atom stereocenters. The van der Waals surface area contributed by atoms with E-state index in [2.05, 4.69) is 5.32 Å². The molecule has 9 nitrogen and oxygen atoms in total. The fourth-order valence-corrected chi connectivity index (χ4v) is 4.00. The van der Waals surface area contributed by atoms with Gasteiger partial charge in [-0.15, -0.1) is 0 Å². The highest BCUT2D eigenvalue weighted by molar-refractivity contribution is 7.90. The van der Waals surface area contributed by atoms with E-state index in [9.17, 15) is 23.3 Å². The molecule has 0 saturated carbocycles. The summed E-state index contributed by atoms with van der Waals surface area (Å²) in [6.45, 7) is 0.975. The van der Waals surface area contributed by atoms with Gasteiger partial charge in [-0.25, -0.2) is 8.42 Å². The zero-order chi connectivity index (χ0) is 19.6. The number of furan rings is 1. The first-order chi connectivity index (χ1) is 12.8. The number of piperidine rings is 1. The first-order valence-electron chi connectivity index (χ1n) is 8.33. The van der Waals surface area contributed by atoms with Crippen molar-refractivity contribution in [3.05, 3.63) is 52.5 Å². The van der Waals surface area contributed by atoms with E-state index in [0.717, 1.165) is 6.26 Å². The SMILES string of the molecule is CS(=O)(=O)c1cccc(NC2CCN(C(=O)c3ccoc3)CC2)c1[N+](=O)[O-]. The van der Waals surface area contributed by atoms with Gasteiger partial charge < -0.3 is 14.6 Å². The van der Waals surface area contributed by atoms with Crippen LogP contribution in [-0.4, -0.2) is 49.5 Å². The van der Waals surface area contributed by atoms with Gasteiger partial charge in [0.15, 0.2) is 9.84 Å². The molecule has 0 radical (unpaired) electrons. The molecule has 1 saturated heterocycles. The van der Waals surface area contributed by atoms with E-state index < -0.39 is 20.4 Å². The van der Waals surface area contributed by atoms with Crippen molar-refractivity contribution in [2.45, 2.75) is 23.8 Å².